The minimum absolute atomic E-state index is 0.102. The largest absolute Gasteiger partial charge is 0.480 e. The number of benzene rings is 2. The molecule has 0 aromatic heterocycles. The van der Waals surface area contributed by atoms with E-state index in [1.807, 2.05) is 57.2 Å². The van der Waals surface area contributed by atoms with Crippen molar-refractivity contribution in [1.29, 1.82) is 0 Å². The van der Waals surface area contributed by atoms with Gasteiger partial charge in [-0.15, -0.1) is 0 Å². The lowest BCUT2D eigenvalue weighted by atomic mass is 9.98. The molecule has 5 rings (SSSR count). The van der Waals surface area contributed by atoms with Gasteiger partial charge in [0.15, 0.2) is 0 Å². The molecule has 2 fully saturated rings. The molecule has 0 saturated carbocycles. The number of likely N-dealkylation sites (tertiary alicyclic amines) is 2. The van der Waals surface area contributed by atoms with Crippen molar-refractivity contribution >= 4 is 18.2 Å². The van der Waals surface area contributed by atoms with E-state index >= 15 is 0 Å². The van der Waals surface area contributed by atoms with Crippen LogP contribution in [0.4, 0.5) is 9.59 Å². The zero-order valence-electron chi connectivity index (χ0n) is 22.7. The van der Waals surface area contributed by atoms with Crippen LogP contribution in [-0.2, 0) is 19.0 Å². The molecule has 0 spiro atoms. The van der Waals surface area contributed by atoms with Gasteiger partial charge in [-0.2, -0.15) is 0 Å². The molecule has 208 valence electrons. The Bertz CT molecular complexity index is 1190. The van der Waals surface area contributed by atoms with E-state index in [1.54, 1.807) is 4.90 Å². The summed E-state index contributed by atoms with van der Waals surface area (Å²) in [5, 5.41) is 9.82. The van der Waals surface area contributed by atoms with Crippen LogP contribution in [0.25, 0.3) is 11.1 Å². The topological polar surface area (TPSA) is 106 Å². The van der Waals surface area contributed by atoms with Crippen molar-refractivity contribution in [3.05, 3.63) is 59.7 Å². The first-order chi connectivity index (χ1) is 18.6. The Morgan fingerprint density at radius 1 is 0.897 bits per heavy atom. The number of carboxylic acid groups (broad SMARTS) is 1. The van der Waals surface area contributed by atoms with Crippen LogP contribution in [0.5, 0.6) is 0 Å². The summed E-state index contributed by atoms with van der Waals surface area (Å²) in [7, 11) is 0. The summed E-state index contributed by atoms with van der Waals surface area (Å²) in [6.45, 7) is 6.80. The highest BCUT2D eigenvalue weighted by Crippen LogP contribution is 2.44. The van der Waals surface area contributed by atoms with Gasteiger partial charge in [-0.3, -0.25) is 4.90 Å². The number of amides is 2. The van der Waals surface area contributed by atoms with Gasteiger partial charge < -0.3 is 24.2 Å². The zero-order valence-corrected chi connectivity index (χ0v) is 22.7. The lowest BCUT2D eigenvalue weighted by Crippen LogP contribution is -2.44. The molecule has 2 aromatic carbocycles. The van der Waals surface area contributed by atoms with Crippen LogP contribution in [0.2, 0.25) is 0 Å². The van der Waals surface area contributed by atoms with Crippen molar-refractivity contribution in [2.24, 2.45) is 0 Å². The van der Waals surface area contributed by atoms with Crippen LogP contribution >= 0.6 is 0 Å². The molecule has 2 heterocycles. The molecule has 2 saturated heterocycles. The number of rotatable bonds is 5. The molecule has 9 nitrogen and oxygen atoms in total. The van der Waals surface area contributed by atoms with Crippen molar-refractivity contribution < 1.29 is 33.7 Å². The average Bonchev–Trinajstić information content (AvgIpc) is 3.46. The fourth-order valence-electron chi connectivity index (χ4n) is 5.78. The summed E-state index contributed by atoms with van der Waals surface area (Å²) in [4.78, 5) is 40.4. The maximum absolute atomic E-state index is 13.1. The first-order valence-corrected chi connectivity index (χ1v) is 13.6. The molecular formula is C30H36N2O7. The highest BCUT2D eigenvalue weighted by Gasteiger charge is 2.43. The molecule has 2 unspecified atom stereocenters. The van der Waals surface area contributed by atoms with Crippen LogP contribution in [-0.4, -0.2) is 83.2 Å². The van der Waals surface area contributed by atoms with Gasteiger partial charge in [0.2, 0.25) is 0 Å². The molecule has 39 heavy (non-hydrogen) atoms. The normalized spacial score (nSPS) is 21.4. The van der Waals surface area contributed by atoms with Crippen molar-refractivity contribution in [3.8, 4) is 11.1 Å². The molecule has 0 bridgehead atoms. The van der Waals surface area contributed by atoms with Gasteiger partial charge in [0.25, 0.3) is 0 Å². The lowest BCUT2D eigenvalue weighted by molar-refractivity contribution is -0.141. The summed E-state index contributed by atoms with van der Waals surface area (Å²) in [6, 6.07) is 15.1. The SMILES string of the molecule is CC(C)(C)OC(=O)N1CCC(OC2CC(C(=O)O)N(C(=O)OCC3c4ccccc4-c4ccccc43)C2)CC1. The van der Waals surface area contributed by atoms with Gasteiger partial charge in [0.05, 0.1) is 18.8 Å². The Labute approximate surface area is 228 Å². The third-order valence-corrected chi connectivity index (χ3v) is 7.60. The van der Waals surface area contributed by atoms with Crippen molar-refractivity contribution in [2.75, 3.05) is 26.2 Å². The highest BCUT2D eigenvalue weighted by molar-refractivity contribution is 5.82. The molecule has 2 aromatic rings. The minimum Gasteiger partial charge on any atom is -0.480 e. The number of nitrogens with zero attached hydrogens (tertiary/aromatic N) is 2. The number of piperidine rings is 1. The number of carboxylic acids is 1. The smallest absolute Gasteiger partial charge is 0.410 e. The first-order valence-electron chi connectivity index (χ1n) is 13.6. The van der Waals surface area contributed by atoms with Crippen LogP contribution in [0, 0.1) is 0 Å². The number of fused-ring (bicyclic) bond motifs is 3. The predicted octanol–water partition coefficient (Wildman–Crippen LogP) is 4.88. The molecule has 2 aliphatic heterocycles. The average molecular weight is 537 g/mol. The van der Waals surface area contributed by atoms with E-state index in [1.165, 1.54) is 4.90 Å². The van der Waals surface area contributed by atoms with Gasteiger partial charge in [0, 0.05) is 25.4 Å². The molecule has 2 amide bonds. The van der Waals surface area contributed by atoms with Gasteiger partial charge >= 0.3 is 18.2 Å². The second-order valence-electron chi connectivity index (χ2n) is 11.5. The van der Waals surface area contributed by atoms with Crippen molar-refractivity contribution in [3.63, 3.8) is 0 Å². The van der Waals surface area contributed by atoms with E-state index in [4.69, 9.17) is 14.2 Å². The summed E-state index contributed by atoms with van der Waals surface area (Å²) < 4.78 is 17.4. The zero-order chi connectivity index (χ0) is 27.7. The van der Waals surface area contributed by atoms with Gasteiger partial charge in [0.1, 0.15) is 18.2 Å². The number of carbonyl (C=O) groups is 3. The second kappa shape index (κ2) is 10.9. The van der Waals surface area contributed by atoms with E-state index in [0.29, 0.717) is 25.9 Å². The first kappa shape index (κ1) is 27.0. The maximum atomic E-state index is 13.1. The summed E-state index contributed by atoms with van der Waals surface area (Å²) in [5.74, 6) is -1.18. The molecule has 3 aliphatic rings. The fraction of sp³-hybridized carbons (Fsp3) is 0.500. The second-order valence-corrected chi connectivity index (χ2v) is 11.5. The number of hydrogen-bond donors (Lipinski definition) is 1. The number of hydrogen-bond acceptors (Lipinski definition) is 6. The van der Waals surface area contributed by atoms with E-state index in [0.717, 1.165) is 22.3 Å². The van der Waals surface area contributed by atoms with Crippen LogP contribution < -0.4 is 0 Å². The van der Waals surface area contributed by atoms with Gasteiger partial charge in [-0.05, 0) is 55.9 Å². The van der Waals surface area contributed by atoms with Crippen LogP contribution in [0.3, 0.4) is 0 Å². The Kier molecular flexibility index (Phi) is 7.53. The standard InChI is InChI=1S/C30H36N2O7/c1-30(2,3)39-28(35)31-14-12-19(13-15-31)38-20-16-26(27(33)34)32(17-20)29(36)37-18-25-23-10-6-4-8-21(23)22-9-5-7-11-24(22)25/h4-11,19-20,25-26H,12-18H2,1-3H3,(H,33,34). The monoisotopic (exact) mass is 536 g/mol. The maximum Gasteiger partial charge on any atom is 0.410 e. The number of ether oxygens (including phenoxy) is 3. The number of aliphatic carboxylic acids is 1. The fourth-order valence-corrected chi connectivity index (χ4v) is 5.78. The minimum atomic E-state index is -1.07. The molecular weight excluding hydrogens is 500 g/mol. The number of carbonyl (C=O) groups excluding carboxylic acids is 2. The van der Waals surface area contributed by atoms with Gasteiger partial charge in [-0.25, -0.2) is 14.4 Å². The van der Waals surface area contributed by atoms with E-state index < -0.39 is 29.8 Å². The van der Waals surface area contributed by atoms with E-state index in [-0.39, 0.29) is 37.7 Å². The molecule has 1 N–H and O–H groups in total. The quantitative estimate of drug-likeness (QED) is 0.581. The summed E-state index contributed by atoms with van der Waals surface area (Å²) in [5.41, 5.74) is 3.90. The van der Waals surface area contributed by atoms with Crippen molar-refractivity contribution in [1.82, 2.24) is 9.80 Å². The summed E-state index contributed by atoms with van der Waals surface area (Å²) >= 11 is 0. The van der Waals surface area contributed by atoms with Crippen LogP contribution in [0.1, 0.15) is 57.1 Å². The third-order valence-electron chi connectivity index (χ3n) is 7.60. The Morgan fingerprint density at radius 2 is 1.49 bits per heavy atom. The van der Waals surface area contributed by atoms with Crippen molar-refractivity contribution in [2.45, 2.75) is 69.8 Å². The predicted molar refractivity (Wildman–Crippen MR) is 144 cm³/mol. The third kappa shape index (κ3) is 5.88. The lowest BCUT2D eigenvalue weighted by Gasteiger charge is -2.34. The van der Waals surface area contributed by atoms with E-state index in [9.17, 15) is 19.5 Å². The Balaban J connectivity index is 1.17. The molecule has 9 heteroatoms. The Morgan fingerprint density at radius 3 is 2.05 bits per heavy atom. The molecule has 1 aliphatic carbocycles. The molecule has 2 atom stereocenters. The van der Waals surface area contributed by atoms with Gasteiger partial charge in [-0.1, -0.05) is 48.5 Å². The van der Waals surface area contributed by atoms with E-state index in [2.05, 4.69) is 12.1 Å². The van der Waals surface area contributed by atoms with Crippen LogP contribution in [0.15, 0.2) is 48.5 Å². The molecule has 0 radical (unpaired) electrons. The highest BCUT2D eigenvalue weighted by atomic mass is 16.6. The summed E-state index contributed by atoms with van der Waals surface area (Å²) in [6.07, 6.45) is -0.0672. The Hall–Kier alpha value is -3.59.